The summed E-state index contributed by atoms with van der Waals surface area (Å²) in [4.78, 5) is 14.5. The highest BCUT2D eigenvalue weighted by atomic mass is 19.4. The van der Waals surface area contributed by atoms with Gasteiger partial charge in [-0.3, -0.25) is 4.79 Å². The van der Waals surface area contributed by atoms with Crippen molar-refractivity contribution in [2.75, 3.05) is 0 Å². The lowest BCUT2D eigenvalue weighted by Gasteiger charge is -2.12. The summed E-state index contributed by atoms with van der Waals surface area (Å²) in [6.07, 6.45) is -4.75. The first kappa shape index (κ1) is 17.2. The average molecular weight is 339 g/mol. The van der Waals surface area contributed by atoms with E-state index in [1.807, 2.05) is 0 Å². The Morgan fingerprint density at radius 1 is 1.29 bits per heavy atom. The average Bonchev–Trinajstić information content (AvgIpc) is 2.52. The molecule has 5 nitrogen and oxygen atoms in total. The Hall–Kier alpha value is -3.15. The Bertz CT molecular complexity index is 828. The van der Waals surface area contributed by atoms with Crippen LogP contribution in [0.4, 0.5) is 17.6 Å². The van der Waals surface area contributed by atoms with Crippen LogP contribution >= 0.6 is 0 Å². The minimum atomic E-state index is -4.75. The summed E-state index contributed by atoms with van der Waals surface area (Å²) < 4.78 is 56.8. The summed E-state index contributed by atoms with van der Waals surface area (Å²) in [5.41, 5.74) is 3.46. The van der Waals surface area contributed by atoms with Gasteiger partial charge in [-0.1, -0.05) is 0 Å². The predicted molar refractivity (Wildman–Crippen MR) is 73.2 cm³/mol. The van der Waals surface area contributed by atoms with E-state index >= 15 is 0 Å². The second-order valence-electron chi connectivity index (χ2n) is 4.62. The van der Waals surface area contributed by atoms with Gasteiger partial charge in [0.25, 0.3) is 5.91 Å². The first-order chi connectivity index (χ1) is 11.2. The number of nitrogens with two attached hydrogens (primary N) is 1. The number of rotatable bonds is 4. The van der Waals surface area contributed by atoms with Gasteiger partial charge < -0.3 is 10.5 Å². The minimum absolute atomic E-state index is 0.0799. The molecule has 0 unspecified atom stereocenters. The van der Waals surface area contributed by atoms with E-state index in [0.29, 0.717) is 6.07 Å². The molecule has 0 aliphatic heterocycles. The molecule has 2 rings (SSSR count). The second kappa shape index (κ2) is 6.54. The molecular weight excluding hydrogens is 330 g/mol. The molecule has 0 bridgehead atoms. The van der Waals surface area contributed by atoms with Crippen LogP contribution < -0.4 is 10.5 Å². The molecule has 0 fully saturated rings. The number of nitrogens with zero attached hydrogens (tertiary/aromatic N) is 2. The van der Waals surface area contributed by atoms with Gasteiger partial charge in [0.15, 0.2) is 0 Å². The maximum atomic E-state index is 13.7. The Labute approximate surface area is 133 Å². The van der Waals surface area contributed by atoms with Crippen LogP contribution in [0.15, 0.2) is 30.3 Å². The summed E-state index contributed by atoms with van der Waals surface area (Å²) in [7, 11) is 0. The first-order valence-electron chi connectivity index (χ1n) is 6.41. The Morgan fingerprint density at radius 3 is 2.58 bits per heavy atom. The minimum Gasteiger partial charge on any atom is -0.472 e. The number of carbonyl (C=O) groups is 1. The van der Waals surface area contributed by atoms with Crippen molar-refractivity contribution in [1.82, 2.24) is 4.98 Å². The van der Waals surface area contributed by atoms with Gasteiger partial charge >= 0.3 is 6.18 Å². The highest BCUT2D eigenvalue weighted by Gasteiger charge is 2.33. The molecule has 0 saturated carbocycles. The lowest BCUT2D eigenvalue weighted by molar-refractivity contribution is -0.141. The molecule has 0 aliphatic carbocycles. The van der Waals surface area contributed by atoms with E-state index < -0.39 is 36.1 Å². The van der Waals surface area contributed by atoms with Crippen LogP contribution in [0.3, 0.4) is 0 Å². The molecule has 2 aromatic rings. The van der Waals surface area contributed by atoms with Crippen molar-refractivity contribution in [1.29, 1.82) is 5.26 Å². The lowest BCUT2D eigenvalue weighted by Crippen LogP contribution is -2.17. The smallest absolute Gasteiger partial charge is 0.433 e. The van der Waals surface area contributed by atoms with Gasteiger partial charge in [-0.2, -0.15) is 18.4 Å². The first-order valence-corrected chi connectivity index (χ1v) is 6.41. The highest BCUT2D eigenvalue weighted by Crippen LogP contribution is 2.30. The number of pyridine rings is 1. The third-order valence-corrected chi connectivity index (χ3v) is 2.96. The third kappa shape index (κ3) is 3.78. The van der Waals surface area contributed by atoms with E-state index in [-0.39, 0.29) is 16.7 Å². The van der Waals surface area contributed by atoms with Gasteiger partial charge in [0.05, 0.1) is 11.6 Å². The summed E-state index contributed by atoms with van der Waals surface area (Å²) in [5.74, 6) is -2.43. The molecular formula is C15H9F4N3O2. The Morgan fingerprint density at radius 2 is 2.00 bits per heavy atom. The maximum Gasteiger partial charge on any atom is 0.433 e. The van der Waals surface area contributed by atoms with E-state index in [1.54, 1.807) is 6.07 Å². The van der Waals surface area contributed by atoms with Crippen LogP contribution in [0.2, 0.25) is 0 Å². The fraction of sp³-hybridized carbons (Fsp3) is 0.133. The van der Waals surface area contributed by atoms with Crippen LogP contribution in [0, 0.1) is 17.1 Å². The zero-order valence-electron chi connectivity index (χ0n) is 11.9. The molecule has 1 aromatic carbocycles. The maximum absolute atomic E-state index is 13.7. The predicted octanol–water partition coefficient (Wildman–Crippen LogP) is 2.79. The number of alkyl halides is 3. The molecule has 1 aromatic heterocycles. The molecule has 24 heavy (non-hydrogen) atoms. The number of halogens is 4. The normalized spacial score (nSPS) is 11.0. The van der Waals surface area contributed by atoms with E-state index in [1.165, 1.54) is 12.1 Å². The van der Waals surface area contributed by atoms with Crippen LogP contribution in [0.25, 0.3) is 0 Å². The second-order valence-corrected chi connectivity index (χ2v) is 4.62. The summed E-state index contributed by atoms with van der Waals surface area (Å²) in [6, 6.07) is 6.63. The van der Waals surface area contributed by atoms with Crippen LogP contribution in [0.1, 0.15) is 27.2 Å². The summed E-state index contributed by atoms with van der Waals surface area (Å²) >= 11 is 0. The molecule has 0 saturated heterocycles. The molecule has 9 heteroatoms. The third-order valence-electron chi connectivity index (χ3n) is 2.96. The number of hydrogen-bond donors (Lipinski definition) is 1. The summed E-state index contributed by atoms with van der Waals surface area (Å²) in [5, 5.41) is 8.77. The highest BCUT2D eigenvalue weighted by molar-refractivity contribution is 5.95. The number of primary amides is 1. The van der Waals surface area contributed by atoms with Gasteiger partial charge in [-0.05, 0) is 30.3 Å². The molecule has 1 amide bonds. The number of carbonyl (C=O) groups excluding carboxylic acids is 1. The van der Waals surface area contributed by atoms with Crippen LogP contribution in [-0.2, 0) is 12.8 Å². The quantitative estimate of drug-likeness (QED) is 0.868. The van der Waals surface area contributed by atoms with Crippen molar-refractivity contribution in [3.05, 3.63) is 58.5 Å². The number of hydrogen-bond acceptors (Lipinski definition) is 4. The van der Waals surface area contributed by atoms with Crippen molar-refractivity contribution in [2.45, 2.75) is 12.8 Å². The van der Waals surface area contributed by atoms with Crippen molar-refractivity contribution in [3.8, 4) is 11.9 Å². The van der Waals surface area contributed by atoms with Gasteiger partial charge in [0.1, 0.15) is 23.7 Å². The van der Waals surface area contributed by atoms with Gasteiger partial charge in [0, 0.05) is 5.56 Å². The molecule has 0 radical (unpaired) electrons. The Balaban J connectivity index is 2.35. The van der Waals surface area contributed by atoms with E-state index in [9.17, 15) is 22.4 Å². The van der Waals surface area contributed by atoms with Crippen molar-refractivity contribution < 1.29 is 27.1 Å². The SMILES string of the molecule is N#Cc1ccc(F)c(COc2nc(C(F)(F)F)ccc2C(N)=O)c1. The molecule has 124 valence electrons. The number of ether oxygens (including phenoxy) is 1. The lowest BCUT2D eigenvalue weighted by atomic mass is 10.1. The molecule has 0 atom stereocenters. The Kier molecular flexibility index (Phi) is 4.69. The zero-order valence-corrected chi connectivity index (χ0v) is 11.9. The van der Waals surface area contributed by atoms with Crippen molar-refractivity contribution in [2.24, 2.45) is 5.73 Å². The zero-order chi connectivity index (χ0) is 17.9. The van der Waals surface area contributed by atoms with Gasteiger partial charge in [-0.25, -0.2) is 9.37 Å². The van der Waals surface area contributed by atoms with E-state index in [0.717, 1.165) is 12.1 Å². The fourth-order valence-corrected chi connectivity index (χ4v) is 1.80. The van der Waals surface area contributed by atoms with Crippen molar-refractivity contribution >= 4 is 5.91 Å². The fourth-order valence-electron chi connectivity index (χ4n) is 1.80. The molecule has 0 aliphatic rings. The molecule has 1 heterocycles. The van der Waals surface area contributed by atoms with Gasteiger partial charge in [0.2, 0.25) is 5.88 Å². The number of benzene rings is 1. The van der Waals surface area contributed by atoms with E-state index in [2.05, 4.69) is 4.98 Å². The van der Waals surface area contributed by atoms with Crippen LogP contribution in [-0.4, -0.2) is 10.9 Å². The van der Waals surface area contributed by atoms with E-state index in [4.69, 9.17) is 15.7 Å². The monoisotopic (exact) mass is 339 g/mol. The molecule has 2 N–H and O–H groups in total. The topological polar surface area (TPSA) is 89.0 Å². The van der Waals surface area contributed by atoms with Crippen LogP contribution in [0.5, 0.6) is 5.88 Å². The van der Waals surface area contributed by atoms with Crippen molar-refractivity contribution in [3.63, 3.8) is 0 Å². The number of amides is 1. The number of aromatic nitrogens is 1. The molecule has 0 spiro atoms. The largest absolute Gasteiger partial charge is 0.472 e. The van der Waals surface area contributed by atoms with Gasteiger partial charge in [-0.15, -0.1) is 0 Å². The summed E-state index contributed by atoms with van der Waals surface area (Å²) in [6.45, 7) is -0.532. The standard InChI is InChI=1S/C15H9F4N3O2/c16-11-3-1-8(6-20)5-9(11)7-24-14-10(13(21)23)2-4-12(22-14)15(17,18)19/h1-5H,7H2,(H2,21,23). The number of nitriles is 1.